The van der Waals surface area contributed by atoms with Crippen LogP contribution in [0.15, 0.2) is 41.2 Å². The zero-order chi connectivity index (χ0) is 18.5. The fourth-order valence-electron chi connectivity index (χ4n) is 3.24. The number of methoxy groups -OCH3 is 1. The molecule has 1 atom stereocenters. The van der Waals surface area contributed by atoms with Crippen LogP contribution in [0.2, 0.25) is 0 Å². The SMILES string of the molecule is COc1ccc([C@@H](CNC(=O)c2ccc(=O)n(C)n2)N2CCCC2)cc1. The molecule has 0 saturated carbocycles. The van der Waals surface area contributed by atoms with Gasteiger partial charge in [0, 0.05) is 19.7 Å². The molecule has 26 heavy (non-hydrogen) atoms. The van der Waals surface area contributed by atoms with Gasteiger partial charge in [-0.1, -0.05) is 12.1 Å². The van der Waals surface area contributed by atoms with Crippen molar-refractivity contribution in [2.75, 3.05) is 26.7 Å². The van der Waals surface area contributed by atoms with Gasteiger partial charge in [-0.2, -0.15) is 5.10 Å². The molecule has 0 unspecified atom stereocenters. The minimum atomic E-state index is -0.279. The van der Waals surface area contributed by atoms with Gasteiger partial charge >= 0.3 is 0 Å². The maximum atomic E-state index is 12.4. The van der Waals surface area contributed by atoms with E-state index in [1.54, 1.807) is 7.11 Å². The van der Waals surface area contributed by atoms with E-state index in [9.17, 15) is 9.59 Å². The van der Waals surface area contributed by atoms with Gasteiger partial charge in [0.25, 0.3) is 11.5 Å². The Bertz CT molecular complexity index is 810. The third kappa shape index (κ3) is 4.11. The average Bonchev–Trinajstić information content (AvgIpc) is 3.19. The molecule has 2 aromatic rings. The predicted octanol–water partition coefficient (Wildman–Crippen LogP) is 1.36. The third-order valence-corrected chi connectivity index (χ3v) is 4.73. The van der Waals surface area contributed by atoms with Crippen molar-refractivity contribution < 1.29 is 9.53 Å². The maximum absolute atomic E-state index is 12.4. The Morgan fingerprint density at radius 2 is 1.88 bits per heavy atom. The van der Waals surface area contributed by atoms with Crippen LogP contribution >= 0.6 is 0 Å². The standard InChI is InChI=1S/C19H24N4O3/c1-22-18(24)10-9-16(21-22)19(25)20-13-17(23-11-3-4-12-23)14-5-7-15(26-2)8-6-14/h5-10,17H,3-4,11-13H2,1-2H3,(H,20,25)/t17-/m1/s1. The summed E-state index contributed by atoms with van der Waals surface area (Å²) in [5.74, 6) is 0.533. The zero-order valence-electron chi connectivity index (χ0n) is 15.1. The van der Waals surface area contributed by atoms with Crippen LogP contribution in [0.5, 0.6) is 5.75 Å². The molecule has 1 aliphatic heterocycles. The predicted molar refractivity (Wildman–Crippen MR) is 98.4 cm³/mol. The summed E-state index contributed by atoms with van der Waals surface area (Å²) in [6, 6.07) is 10.9. The first-order chi connectivity index (χ1) is 12.6. The van der Waals surface area contributed by atoms with Crippen molar-refractivity contribution in [3.8, 4) is 5.75 Å². The number of aryl methyl sites for hydroxylation is 1. The maximum Gasteiger partial charge on any atom is 0.271 e. The molecule has 1 aromatic carbocycles. The number of aromatic nitrogens is 2. The number of ether oxygens (including phenoxy) is 1. The van der Waals surface area contributed by atoms with E-state index in [1.807, 2.05) is 24.3 Å². The monoisotopic (exact) mass is 356 g/mol. The number of benzene rings is 1. The van der Waals surface area contributed by atoms with Crippen LogP contribution in [0, 0.1) is 0 Å². The van der Waals surface area contributed by atoms with Gasteiger partial charge in [0.2, 0.25) is 0 Å². The van der Waals surface area contributed by atoms with Crippen LogP contribution in [-0.2, 0) is 7.05 Å². The minimum absolute atomic E-state index is 0.0971. The Morgan fingerprint density at radius 1 is 1.19 bits per heavy atom. The quantitative estimate of drug-likeness (QED) is 0.846. The number of nitrogens with one attached hydrogen (secondary N) is 1. The summed E-state index contributed by atoms with van der Waals surface area (Å²) in [6.45, 7) is 2.52. The molecule has 3 rings (SSSR count). The summed E-state index contributed by atoms with van der Waals surface area (Å²) in [5, 5.41) is 6.97. The average molecular weight is 356 g/mol. The molecule has 1 aromatic heterocycles. The highest BCUT2D eigenvalue weighted by Crippen LogP contribution is 2.26. The summed E-state index contributed by atoms with van der Waals surface area (Å²) in [6.07, 6.45) is 2.34. The number of carbonyl (C=O) groups excluding carboxylic acids is 1. The van der Waals surface area contributed by atoms with Crippen molar-refractivity contribution in [1.29, 1.82) is 0 Å². The van der Waals surface area contributed by atoms with Crippen LogP contribution in [0.25, 0.3) is 0 Å². The Morgan fingerprint density at radius 3 is 2.50 bits per heavy atom. The van der Waals surface area contributed by atoms with Crippen LogP contribution in [0.1, 0.15) is 34.9 Å². The fraction of sp³-hybridized carbons (Fsp3) is 0.421. The Labute approximate surface area is 152 Å². The van der Waals surface area contributed by atoms with E-state index in [0.29, 0.717) is 6.54 Å². The highest BCUT2D eigenvalue weighted by molar-refractivity contribution is 5.92. The molecular weight excluding hydrogens is 332 g/mol. The number of amides is 1. The van der Waals surface area contributed by atoms with Gasteiger partial charge in [0.1, 0.15) is 11.4 Å². The van der Waals surface area contributed by atoms with Crippen LogP contribution in [0.3, 0.4) is 0 Å². The van der Waals surface area contributed by atoms with Crippen molar-refractivity contribution in [3.63, 3.8) is 0 Å². The van der Waals surface area contributed by atoms with Gasteiger partial charge in [-0.3, -0.25) is 14.5 Å². The van der Waals surface area contributed by atoms with Crippen molar-refractivity contribution in [2.45, 2.75) is 18.9 Å². The molecule has 1 fully saturated rings. The number of hydrogen-bond acceptors (Lipinski definition) is 5. The number of carbonyl (C=O) groups is 1. The number of nitrogens with zero attached hydrogens (tertiary/aromatic N) is 3. The van der Waals surface area contributed by atoms with Gasteiger partial charge in [0.05, 0.1) is 13.2 Å². The van der Waals surface area contributed by atoms with Crippen LogP contribution in [-0.4, -0.2) is 47.3 Å². The van der Waals surface area contributed by atoms with Crippen molar-refractivity contribution in [1.82, 2.24) is 20.0 Å². The lowest BCUT2D eigenvalue weighted by atomic mass is 10.1. The summed E-state index contributed by atoms with van der Waals surface area (Å²) in [4.78, 5) is 26.2. The summed E-state index contributed by atoms with van der Waals surface area (Å²) >= 11 is 0. The van der Waals surface area contributed by atoms with Gasteiger partial charge in [-0.15, -0.1) is 0 Å². The van der Waals surface area contributed by atoms with E-state index in [2.05, 4.69) is 15.3 Å². The van der Waals surface area contributed by atoms with Gasteiger partial charge in [0.15, 0.2) is 0 Å². The lowest BCUT2D eigenvalue weighted by Crippen LogP contribution is -2.37. The van der Waals surface area contributed by atoms with Gasteiger partial charge < -0.3 is 10.1 Å². The molecule has 0 spiro atoms. The first-order valence-corrected chi connectivity index (χ1v) is 8.79. The normalized spacial score (nSPS) is 15.6. The minimum Gasteiger partial charge on any atom is -0.497 e. The molecule has 2 heterocycles. The highest BCUT2D eigenvalue weighted by Gasteiger charge is 2.24. The van der Waals surface area contributed by atoms with Gasteiger partial charge in [-0.05, 0) is 49.7 Å². The van der Waals surface area contributed by atoms with Crippen LogP contribution < -0.4 is 15.6 Å². The number of rotatable bonds is 6. The molecule has 0 aliphatic carbocycles. The number of hydrogen-bond donors (Lipinski definition) is 1. The van der Waals surface area contributed by atoms with E-state index in [-0.39, 0.29) is 23.2 Å². The lowest BCUT2D eigenvalue weighted by Gasteiger charge is -2.28. The molecule has 1 amide bonds. The van der Waals surface area contributed by atoms with E-state index in [1.165, 1.54) is 32.0 Å². The second-order valence-electron chi connectivity index (χ2n) is 6.42. The highest BCUT2D eigenvalue weighted by atomic mass is 16.5. The topological polar surface area (TPSA) is 76.5 Å². The van der Waals surface area contributed by atoms with E-state index >= 15 is 0 Å². The lowest BCUT2D eigenvalue weighted by molar-refractivity contribution is 0.0930. The molecule has 1 aliphatic rings. The summed E-state index contributed by atoms with van der Waals surface area (Å²) in [5.41, 5.74) is 1.14. The summed E-state index contributed by atoms with van der Waals surface area (Å²) < 4.78 is 6.39. The van der Waals surface area contributed by atoms with E-state index in [4.69, 9.17) is 4.74 Å². The first-order valence-electron chi connectivity index (χ1n) is 8.79. The first kappa shape index (κ1) is 18.1. The van der Waals surface area contributed by atoms with Crippen molar-refractivity contribution >= 4 is 5.91 Å². The summed E-state index contributed by atoms with van der Waals surface area (Å²) in [7, 11) is 3.18. The third-order valence-electron chi connectivity index (χ3n) is 4.73. The molecule has 0 radical (unpaired) electrons. The number of likely N-dealkylation sites (tertiary alicyclic amines) is 1. The Kier molecular flexibility index (Phi) is 5.68. The molecule has 1 saturated heterocycles. The second-order valence-corrected chi connectivity index (χ2v) is 6.42. The zero-order valence-corrected chi connectivity index (χ0v) is 15.1. The van der Waals surface area contributed by atoms with Crippen molar-refractivity contribution in [2.24, 2.45) is 7.05 Å². The van der Waals surface area contributed by atoms with Gasteiger partial charge in [-0.25, -0.2) is 4.68 Å². The molecule has 1 N–H and O–H groups in total. The fourth-order valence-corrected chi connectivity index (χ4v) is 3.24. The molecule has 7 nitrogen and oxygen atoms in total. The van der Waals surface area contributed by atoms with E-state index < -0.39 is 0 Å². The smallest absolute Gasteiger partial charge is 0.271 e. The van der Waals surface area contributed by atoms with Crippen molar-refractivity contribution in [3.05, 3.63) is 58.0 Å². The Hall–Kier alpha value is -2.67. The Balaban J connectivity index is 1.73. The second kappa shape index (κ2) is 8.14. The van der Waals surface area contributed by atoms with E-state index in [0.717, 1.165) is 29.1 Å². The molecule has 7 heteroatoms. The largest absolute Gasteiger partial charge is 0.497 e. The molecular formula is C19H24N4O3. The van der Waals surface area contributed by atoms with Crippen LogP contribution in [0.4, 0.5) is 0 Å². The molecule has 0 bridgehead atoms. The molecule has 138 valence electrons.